The van der Waals surface area contributed by atoms with Gasteiger partial charge in [-0.05, 0) is 29.8 Å². The minimum Gasteiger partial charge on any atom is -0.390 e. The van der Waals surface area contributed by atoms with Crippen molar-refractivity contribution >= 4 is 23.4 Å². The molecule has 8 heteroatoms. The maximum atomic E-state index is 13.9. The molecule has 0 amide bonds. The molecule has 1 aromatic heterocycles. The molecule has 0 fully saturated rings. The van der Waals surface area contributed by atoms with E-state index in [4.69, 9.17) is 16.3 Å². The van der Waals surface area contributed by atoms with Crippen LogP contribution in [0.15, 0.2) is 53.7 Å². The maximum Gasteiger partial charge on any atom is 0.191 e. The second kappa shape index (κ2) is 9.32. The molecule has 0 saturated heterocycles. The van der Waals surface area contributed by atoms with E-state index in [1.807, 2.05) is 12.1 Å². The van der Waals surface area contributed by atoms with Crippen LogP contribution in [0.25, 0.3) is 11.4 Å². The fourth-order valence-electron chi connectivity index (χ4n) is 2.43. The molecule has 1 heterocycles. The second-order valence-electron chi connectivity index (χ2n) is 5.95. The standard InChI is InChI=1S/C19H19ClFN3O2S/c1-24-18(16-4-2-3-5-17(16)21)22-23-19(24)27-12-15(25)11-26-10-13-6-8-14(20)9-7-13/h2-9,15,25H,10-12H2,1H3. The van der Waals surface area contributed by atoms with Crippen molar-refractivity contribution in [2.24, 2.45) is 7.05 Å². The molecule has 1 unspecified atom stereocenters. The summed E-state index contributed by atoms with van der Waals surface area (Å²) in [6, 6.07) is 13.8. The smallest absolute Gasteiger partial charge is 0.191 e. The number of halogens is 2. The number of ether oxygens (including phenoxy) is 1. The maximum absolute atomic E-state index is 13.9. The van der Waals surface area contributed by atoms with Gasteiger partial charge in [-0.2, -0.15) is 0 Å². The topological polar surface area (TPSA) is 60.2 Å². The molecule has 0 bridgehead atoms. The third-order valence-corrected chi connectivity index (χ3v) is 5.26. The first-order valence-corrected chi connectivity index (χ1v) is 9.68. The van der Waals surface area contributed by atoms with Gasteiger partial charge in [0.1, 0.15) is 5.82 Å². The van der Waals surface area contributed by atoms with Gasteiger partial charge in [0.15, 0.2) is 11.0 Å². The van der Waals surface area contributed by atoms with Crippen LogP contribution in [-0.2, 0) is 18.4 Å². The lowest BCUT2D eigenvalue weighted by molar-refractivity contribution is 0.0397. The summed E-state index contributed by atoms with van der Waals surface area (Å²) >= 11 is 7.18. The number of aliphatic hydroxyl groups excluding tert-OH is 1. The number of nitrogens with zero attached hydrogens (tertiary/aromatic N) is 3. The Morgan fingerprint density at radius 1 is 1.19 bits per heavy atom. The Balaban J connectivity index is 1.50. The van der Waals surface area contributed by atoms with E-state index in [2.05, 4.69) is 10.2 Å². The normalized spacial score (nSPS) is 12.3. The summed E-state index contributed by atoms with van der Waals surface area (Å²) in [4.78, 5) is 0. The minimum absolute atomic E-state index is 0.202. The van der Waals surface area contributed by atoms with Crippen molar-refractivity contribution in [2.45, 2.75) is 17.9 Å². The number of benzene rings is 2. The fraction of sp³-hybridized carbons (Fsp3) is 0.263. The summed E-state index contributed by atoms with van der Waals surface area (Å²) in [7, 11) is 1.77. The first-order chi connectivity index (χ1) is 13.0. The predicted octanol–water partition coefficient (Wildman–Crippen LogP) is 3.94. The SMILES string of the molecule is Cn1c(SCC(O)COCc2ccc(Cl)cc2)nnc1-c1ccccc1F. The summed E-state index contributed by atoms with van der Waals surface area (Å²) < 4.78 is 21.2. The van der Waals surface area contributed by atoms with E-state index in [1.54, 1.807) is 41.9 Å². The summed E-state index contributed by atoms with van der Waals surface area (Å²) in [6.07, 6.45) is -0.657. The summed E-state index contributed by atoms with van der Waals surface area (Å²) in [5.41, 5.74) is 1.38. The van der Waals surface area contributed by atoms with E-state index in [0.29, 0.717) is 33.9 Å². The van der Waals surface area contributed by atoms with Crippen molar-refractivity contribution in [3.63, 3.8) is 0 Å². The van der Waals surface area contributed by atoms with Crippen molar-refractivity contribution in [3.05, 3.63) is 64.9 Å². The molecule has 1 N–H and O–H groups in total. The van der Waals surface area contributed by atoms with Gasteiger partial charge in [-0.3, -0.25) is 0 Å². The van der Waals surface area contributed by atoms with E-state index >= 15 is 0 Å². The average Bonchev–Trinajstić information content (AvgIpc) is 3.02. The summed E-state index contributed by atoms with van der Waals surface area (Å²) in [6.45, 7) is 0.605. The minimum atomic E-state index is -0.657. The van der Waals surface area contributed by atoms with Gasteiger partial charge in [0.2, 0.25) is 0 Å². The predicted molar refractivity (Wildman–Crippen MR) is 104 cm³/mol. The van der Waals surface area contributed by atoms with Gasteiger partial charge in [-0.25, -0.2) is 4.39 Å². The van der Waals surface area contributed by atoms with Gasteiger partial charge in [0.05, 0.1) is 24.9 Å². The zero-order valence-electron chi connectivity index (χ0n) is 14.7. The fourth-order valence-corrected chi connectivity index (χ4v) is 3.37. The summed E-state index contributed by atoms with van der Waals surface area (Å²) in [5.74, 6) is 0.494. The molecule has 2 aromatic carbocycles. The van der Waals surface area contributed by atoms with Crippen molar-refractivity contribution in [1.29, 1.82) is 0 Å². The number of aromatic nitrogens is 3. The van der Waals surface area contributed by atoms with Crippen LogP contribution in [0, 0.1) is 5.82 Å². The molecule has 0 aliphatic rings. The van der Waals surface area contributed by atoms with E-state index in [9.17, 15) is 9.50 Å². The molecule has 3 aromatic rings. The Morgan fingerprint density at radius 3 is 2.67 bits per heavy atom. The first-order valence-electron chi connectivity index (χ1n) is 8.32. The third kappa shape index (κ3) is 5.29. The largest absolute Gasteiger partial charge is 0.390 e. The molecule has 0 aliphatic heterocycles. The van der Waals surface area contributed by atoms with Crippen LogP contribution < -0.4 is 0 Å². The highest BCUT2D eigenvalue weighted by Crippen LogP contribution is 2.25. The zero-order chi connectivity index (χ0) is 19.2. The molecule has 3 rings (SSSR count). The molecule has 5 nitrogen and oxygen atoms in total. The number of thioether (sulfide) groups is 1. The lowest BCUT2D eigenvalue weighted by Gasteiger charge is -2.11. The van der Waals surface area contributed by atoms with Gasteiger partial charge in [0, 0.05) is 17.8 Å². The van der Waals surface area contributed by atoms with Gasteiger partial charge in [-0.1, -0.05) is 47.6 Å². The van der Waals surface area contributed by atoms with Crippen LogP contribution in [0.2, 0.25) is 5.02 Å². The zero-order valence-corrected chi connectivity index (χ0v) is 16.3. The van der Waals surface area contributed by atoms with Crippen LogP contribution in [0.4, 0.5) is 4.39 Å². The number of aliphatic hydroxyl groups is 1. The Hall–Kier alpha value is -1.93. The molecular weight excluding hydrogens is 389 g/mol. The number of hydrogen-bond acceptors (Lipinski definition) is 5. The lowest BCUT2D eigenvalue weighted by Crippen LogP contribution is -2.18. The highest BCUT2D eigenvalue weighted by molar-refractivity contribution is 7.99. The van der Waals surface area contributed by atoms with Crippen LogP contribution in [0.5, 0.6) is 0 Å². The molecular formula is C19H19ClFN3O2S. The van der Waals surface area contributed by atoms with Crippen molar-refractivity contribution < 1.29 is 14.2 Å². The van der Waals surface area contributed by atoms with Crippen molar-refractivity contribution in [3.8, 4) is 11.4 Å². The number of rotatable bonds is 8. The van der Waals surface area contributed by atoms with Gasteiger partial charge in [0.25, 0.3) is 0 Å². The van der Waals surface area contributed by atoms with Gasteiger partial charge in [-0.15, -0.1) is 10.2 Å². The summed E-state index contributed by atoms with van der Waals surface area (Å²) in [5, 5.41) is 19.5. The highest BCUT2D eigenvalue weighted by Gasteiger charge is 2.15. The molecule has 142 valence electrons. The Kier molecular flexibility index (Phi) is 6.84. The lowest BCUT2D eigenvalue weighted by atomic mass is 10.2. The van der Waals surface area contributed by atoms with Crippen molar-refractivity contribution in [1.82, 2.24) is 14.8 Å². The monoisotopic (exact) mass is 407 g/mol. The van der Waals surface area contributed by atoms with Gasteiger partial charge >= 0.3 is 0 Å². The molecule has 0 aliphatic carbocycles. The van der Waals surface area contributed by atoms with Crippen molar-refractivity contribution in [2.75, 3.05) is 12.4 Å². The Bertz CT molecular complexity index is 889. The average molecular weight is 408 g/mol. The number of hydrogen-bond donors (Lipinski definition) is 1. The Labute approximate surface area is 166 Å². The molecule has 27 heavy (non-hydrogen) atoms. The Morgan fingerprint density at radius 2 is 1.93 bits per heavy atom. The van der Waals surface area contributed by atoms with E-state index in [1.165, 1.54) is 17.8 Å². The van der Waals surface area contributed by atoms with Crippen LogP contribution >= 0.6 is 23.4 Å². The van der Waals surface area contributed by atoms with Crippen LogP contribution in [0.1, 0.15) is 5.56 Å². The molecule has 1 atom stereocenters. The van der Waals surface area contributed by atoms with Crippen LogP contribution in [0.3, 0.4) is 0 Å². The van der Waals surface area contributed by atoms with E-state index in [0.717, 1.165) is 5.56 Å². The molecule has 0 saturated carbocycles. The molecule has 0 spiro atoms. The molecule has 0 radical (unpaired) electrons. The van der Waals surface area contributed by atoms with Gasteiger partial charge < -0.3 is 14.4 Å². The quantitative estimate of drug-likeness (QED) is 0.573. The second-order valence-corrected chi connectivity index (χ2v) is 7.38. The highest BCUT2D eigenvalue weighted by atomic mass is 35.5. The van der Waals surface area contributed by atoms with E-state index in [-0.39, 0.29) is 12.4 Å². The first kappa shape index (κ1) is 19.8. The third-order valence-electron chi connectivity index (χ3n) is 3.85. The van der Waals surface area contributed by atoms with Crippen LogP contribution in [-0.4, -0.2) is 38.3 Å². The van der Waals surface area contributed by atoms with E-state index < -0.39 is 6.10 Å².